The highest BCUT2D eigenvalue weighted by Gasteiger charge is 2.37. The van der Waals surface area contributed by atoms with Gasteiger partial charge in [0, 0.05) is 12.1 Å². The average molecular weight is 291 g/mol. The van der Waals surface area contributed by atoms with Crippen LogP contribution in [-0.4, -0.2) is 17.0 Å². The Morgan fingerprint density at radius 1 is 1.24 bits per heavy atom. The summed E-state index contributed by atoms with van der Waals surface area (Å²) in [6.45, 7) is 7.80. The summed E-state index contributed by atoms with van der Waals surface area (Å²) < 4.78 is 0. The van der Waals surface area contributed by atoms with Gasteiger partial charge in [0.05, 0.1) is 5.41 Å². The molecule has 0 bridgehead atoms. The molecule has 1 aromatic rings. The van der Waals surface area contributed by atoms with Gasteiger partial charge >= 0.3 is 5.97 Å². The van der Waals surface area contributed by atoms with Crippen molar-refractivity contribution in [2.24, 2.45) is 5.41 Å². The van der Waals surface area contributed by atoms with Gasteiger partial charge in [-0.3, -0.25) is 9.59 Å². The first-order valence-electron chi connectivity index (χ1n) is 7.48. The van der Waals surface area contributed by atoms with Crippen LogP contribution in [0.4, 0.5) is 5.69 Å². The van der Waals surface area contributed by atoms with Crippen LogP contribution in [0, 0.1) is 5.41 Å². The van der Waals surface area contributed by atoms with Crippen LogP contribution in [0.2, 0.25) is 0 Å². The summed E-state index contributed by atoms with van der Waals surface area (Å²) in [5, 5.41) is 12.2. The van der Waals surface area contributed by atoms with E-state index in [-0.39, 0.29) is 12.3 Å². The van der Waals surface area contributed by atoms with Crippen LogP contribution in [0.5, 0.6) is 0 Å². The van der Waals surface area contributed by atoms with E-state index in [1.807, 2.05) is 38.1 Å². The minimum Gasteiger partial charge on any atom is -0.481 e. The van der Waals surface area contributed by atoms with Gasteiger partial charge in [0.1, 0.15) is 0 Å². The molecule has 0 saturated carbocycles. The van der Waals surface area contributed by atoms with Gasteiger partial charge in [-0.25, -0.2) is 0 Å². The number of rotatable bonds is 7. The minimum absolute atomic E-state index is 0.00123. The Bertz CT molecular complexity index is 505. The second kappa shape index (κ2) is 7.25. The molecule has 0 spiro atoms. The number of carboxylic acids is 1. The lowest BCUT2D eigenvalue weighted by molar-refractivity contribution is -0.151. The van der Waals surface area contributed by atoms with Crippen molar-refractivity contribution in [2.75, 3.05) is 5.32 Å². The molecule has 0 aliphatic carbocycles. The van der Waals surface area contributed by atoms with Crippen molar-refractivity contribution in [3.8, 4) is 0 Å². The Morgan fingerprint density at radius 2 is 1.86 bits per heavy atom. The molecular formula is C17H25NO3. The van der Waals surface area contributed by atoms with Crippen LogP contribution >= 0.6 is 0 Å². The summed E-state index contributed by atoms with van der Waals surface area (Å²) in [5.74, 6) is -0.771. The Kier molecular flexibility index (Phi) is 5.94. The quantitative estimate of drug-likeness (QED) is 0.797. The second-order valence-electron chi connectivity index (χ2n) is 5.80. The van der Waals surface area contributed by atoms with Gasteiger partial charge in [0.2, 0.25) is 5.91 Å². The number of carbonyl (C=O) groups excluding carboxylic acids is 1. The van der Waals surface area contributed by atoms with E-state index in [9.17, 15) is 14.7 Å². The summed E-state index contributed by atoms with van der Waals surface area (Å²) in [7, 11) is 0. The van der Waals surface area contributed by atoms with E-state index in [0.29, 0.717) is 18.8 Å². The molecule has 0 heterocycles. The number of nitrogens with one attached hydrogen (secondary N) is 1. The molecule has 0 aromatic heterocycles. The van der Waals surface area contributed by atoms with Crippen LogP contribution < -0.4 is 5.32 Å². The molecule has 4 heteroatoms. The predicted octanol–water partition coefficient (Wildman–Crippen LogP) is 4.03. The van der Waals surface area contributed by atoms with Gasteiger partial charge in [-0.2, -0.15) is 0 Å². The van der Waals surface area contributed by atoms with Crippen LogP contribution in [-0.2, 0) is 9.59 Å². The largest absolute Gasteiger partial charge is 0.481 e. The Morgan fingerprint density at radius 3 is 2.33 bits per heavy atom. The van der Waals surface area contributed by atoms with Gasteiger partial charge in [-0.15, -0.1) is 0 Å². The van der Waals surface area contributed by atoms with Gasteiger partial charge in [0.15, 0.2) is 0 Å². The molecular weight excluding hydrogens is 266 g/mol. The minimum atomic E-state index is -0.972. The molecule has 0 aliphatic heterocycles. The first-order chi connectivity index (χ1) is 9.84. The van der Waals surface area contributed by atoms with Crippen molar-refractivity contribution in [1.82, 2.24) is 0 Å². The fourth-order valence-electron chi connectivity index (χ4n) is 2.37. The normalized spacial score (nSPS) is 11.5. The second-order valence-corrected chi connectivity index (χ2v) is 5.80. The van der Waals surface area contributed by atoms with Gasteiger partial charge in [0.25, 0.3) is 0 Å². The maximum atomic E-state index is 12.2. The Balaban J connectivity index is 2.82. The highest BCUT2D eigenvalue weighted by atomic mass is 16.4. The van der Waals surface area contributed by atoms with E-state index in [4.69, 9.17) is 0 Å². The number of amides is 1. The van der Waals surface area contributed by atoms with Gasteiger partial charge < -0.3 is 10.4 Å². The highest BCUT2D eigenvalue weighted by molar-refractivity contribution is 5.94. The zero-order chi connectivity index (χ0) is 16.0. The number of hydrogen-bond donors (Lipinski definition) is 2. The lowest BCUT2D eigenvalue weighted by atomic mass is 9.79. The highest BCUT2D eigenvalue weighted by Crippen LogP contribution is 2.31. The number of aliphatic carboxylic acids is 1. The van der Waals surface area contributed by atoms with Crippen LogP contribution in [0.1, 0.15) is 58.4 Å². The molecule has 0 aliphatic rings. The first kappa shape index (κ1) is 17.2. The van der Waals surface area contributed by atoms with Crippen molar-refractivity contribution in [3.05, 3.63) is 29.8 Å². The molecule has 1 aromatic carbocycles. The third-order valence-electron chi connectivity index (χ3n) is 4.14. The third kappa shape index (κ3) is 4.31. The molecule has 0 atom stereocenters. The molecule has 0 unspecified atom stereocenters. The predicted molar refractivity (Wildman–Crippen MR) is 84.4 cm³/mol. The van der Waals surface area contributed by atoms with Crippen molar-refractivity contribution < 1.29 is 14.7 Å². The van der Waals surface area contributed by atoms with Crippen molar-refractivity contribution in [3.63, 3.8) is 0 Å². The fourth-order valence-corrected chi connectivity index (χ4v) is 2.37. The SMILES string of the molecule is CCC(CC)(CC(=O)Nc1cccc(C(C)C)c1)C(=O)O. The Hall–Kier alpha value is -1.84. The average Bonchev–Trinajstić information content (AvgIpc) is 2.44. The maximum Gasteiger partial charge on any atom is 0.310 e. The van der Waals surface area contributed by atoms with Crippen LogP contribution in [0.25, 0.3) is 0 Å². The number of carbonyl (C=O) groups is 2. The van der Waals surface area contributed by atoms with E-state index in [2.05, 4.69) is 19.2 Å². The maximum absolute atomic E-state index is 12.2. The summed E-state index contributed by atoms with van der Waals surface area (Å²) in [6, 6.07) is 7.67. The molecule has 0 fully saturated rings. The van der Waals surface area contributed by atoms with Crippen molar-refractivity contribution >= 4 is 17.6 Å². The summed E-state index contributed by atoms with van der Waals surface area (Å²) in [5.41, 5.74) is 0.890. The fraction of sp³-hybridized carbons (Fsp3) is 0.529. The molecule has 2 N–H and O–H groups in total. The smallest absolute Gasteiger partial charge is 0.310 e. The van der Waals surface area contributed by atoms with Crippen LogP contribution in [0.15, 0.2) is 24.3 Å². The van der Waals surface area contributed by atoms with E-state index in [1.54, 1.807) is 0 Å². The lowest BCUT2D eigenvalue weighted by Gasteiger charge is -2.25. The molecule has 1 amide bonds. The van der Waals surface area contributed by atoms with Gasteiger partial charge in [-0.05, 0) is 36.5 Å². The topological polar surface area (TPSA) is 66.4 Å². The van der Waals surface area contributed by atoms with E-state index < -0.39 is 11.4 Å². The standard InChI is InChI=1S/C17H25NO3/c1-5-17(6-2,16(20)21)11-15(19)18-14-9-7-8-13(10-14)12(3)4/h7-10,12H,5-6,11H2,1-4H3,(H,18,19)(H,20,21). The molecule has 0 saturated heterocycles. The first-order valence-corrected chi connectivity index (χ1v) is 7.48. The summed E-state index contributed by atoms with van der Waals surface area (Å²) in [4.78, 5) is 23.6. The molecule has 1 rings (SSSR count). The summed E-state index contributed by atoms with van der Waals surface area (Å²) in [6.07, 6.45) is 0.887. The number of anilines is 1. The summed E-state index contributed by atoms with van der Waals surface area (Å²) >= 11 is 0. The lowest BCUT2D eigenvalue weighted by Crippen LogP contribution is -2.34. The third-order valence-corrected chi connectivity index (χ3v) is 4.14. The molecule has 21 heavy (non-hydrogen) atoms. The van der Waals surface area contributed by atoms with Gasteiger partial charge in [-0.1, -0.05) is 39.8 Å². The van der Waals surface area contributed by atoms with E-state index >= 15 is 0 Å². The van der Waals surface area contributed by atoms with E-state index in [0.717, 1.165) is 11.3 Å². The number of hydrogen-bond acceptors (Lipinski definition) is 2. The molecule has 0 radical (unpaired) electrons. The van der Waals surface area contributed by atoms with Crippen LogP contribution in [0.3, 0.4) is 0 Å². The molecule has 116 valence electrons. The van der Waals surface area contributed by atoms with E-state index in [1.165, 1.54) is 0 Å². The number of carboxylic acid groups (broad SMARTS) is 1. The number of benzene rings is 1. The Labute approximate surface area is 126 Å². The van der Waals surface area contributed by atoms with Crippen molar-refractivity contribution in [2.45, 2.75) is 52.9 Å². The monoisotopic (exact) mass is 291 g/mol. The zero-order valence-electron chi connectivity index (χ0n) is 13.3. The molecule has 4 nitrogen and oxygen atoms in total. The zero-order valence-corrected chi connectivity index (χ0v) is 13.3. The van der Waals surface area contributed by atoms with Crippen molar-refractivity contribution in [1.29, 1.82) is 0 Å².